The third-order valence-corrected chi connectivity index (χ3v) is 1.91. The third-order valence-electron chi connectivity index (χ3n) is 1.91. The quantitative estimate of drug-likeness (QED) is 0.847. The summed E-state index contributed by atoms with van der Waals surface area (Å²) in [5, 5.41) is 2.92. The van der Waals surface area contributed by atoms with Gasteiger partial charge in [0.2, 0.25) is 5.95 Å². The van der Waals surface area contributed by atoms with Gasteiger partial charge in [0, 0.05) is 24.5 Å². The Bertz CT molecular complexity index is 474. The summed E-state index contributed by atoms with van der Waals surface area (Å²) in [7, 11) is 0. The maximum absolute atomic E-state index is 13.5. The molecule has 0 aliphatic carbocycles. The van der Waals surface area contributed by atoms with Crippen LogP contribution < -0.4 is 5.32 Å². The van der Waals surface area contributed by atoms with Crippen molar-refractivity contribution < 1.29 is 4.39 Å². The van der Waals surface area contributed by atoms with Gasteiger partial charge in [-0.05, 0) is 6.92 Å². The molecule has 2 aromatic rings. The second kappa shape index (κ2) is 4.61. The fourth-order valence-electron chi connectivity index (χ4n) is 1.23. The SMILES string of the molecule is CCNc1ncc(F)c(-c2cncnc2)n1. The molecule has 2 aromatic heterocycles. The molecule has 0 aromatic carbocycles. The molecule has 0 bridgehead atoms. The van der Waals surface area contributed by atoms with Crippen LogP contribution in [0.1, 0.15) is 6.92 Å². The van der Waals surface area contributed by atoms with Crippen LogP contribution >= 0.6 is 0 Å². The fraction of sp³-hybridized carbons (Fsp3) is 0.200. The normalized spacial score (nSPS) is 10.1. The van der Waals surface area contributed by atoms with E-state index in [0.717, 1.165) is 6.20 Å². The minimum atomic E-state index is -0.489. The summed E-state index contributed by atoms with van der Waals surface area (Å²) >= 11 is 0. The lowest BCUT2D eigenvalue weighted by Crippen LogP contribution is -2.04. The number of aromatic nitrogens is 4. The minimum absolute atomic E-state index is 0.201. The van der Waals surface area contributed by atoms with Crippen LogP contribution in [0.2, 0.25) is 0 Å². The van der Waals surface area contributed by atoms with Gasteiger partial charge in [-0.25, -0.2) is 24.3 Å². The smallest absolute Gasteiger partial charge is 0.223 e. The average Bonchev–Trinajstić information content (AvgIpc) is 2.33. The Balaban J connectivity index is 2.43. The van der Waals surface area contributed by atoms with Gasteiger partial charge >= 0.3 is 0 Å². The van der Waals surface area contributed by atoms with Crippen LogP contribution in [0.25, 0.3) is 11.3 Å². The van der Waals surface area contributed by atoms with E-state index in [1.54, 1.807) is 0 Å². The maximum atomic E-state index is 13.5. The molecule has 0 aliphatic heterocycles. The van der Waals surface area contributed by atoms with Gasteiger partial charge in [-0.1, -0.05) is 0 Å². The molecule has 0 saturated heterocycles. The summed E-state index contributed by atoms with van der Waals surface area (Å²) in [5.41, 5.74) is 0.730. The molecule has 16 heavy (non-hydrogen) atoms. The van der Waals surface area contributed by atoms with Crippen molar-refractivity contribution in [1.29, 1.82) is 0 Å². The van der Waals surface area contributed by atoms with E-state index in [-0.39, 0.29) is 5.69 Å². The predicted molar refractivity (Wildman–Crippen MR) is 57.2 cm³/mol. The molecule has 0 atom stereocenters. The fourth-order valence-corrected chi connectivity index (χ4v) is 1.23. The van der Waals surface area contributed by atoms with Crippen molar-refractivity contribution in [3.05, 3.63) is 30.7 Å². The third kappa shape index (κ3) is 2.10. The van der Waals surface area contributed by atoms with Gasteiger partial charge in [-0.3, -0.25) is 0 Å². The molecular formula is C10H10FN5. The Morgan fingerprint density at radius 3 is 2.69 bits per heavy atom. The van der Waals surface area contributed by atoms with Crippen molar-refractivity contribution in [2.45, 2.75) is 6.92 Å². The van der Waals surface area contributed by atoms with Crippen LogP contribution in [0, 0.1) is 5.82 Å². The highest BCUT2D eigenvalue weighted by Gasteiger charge is 2.09. The molecule has 0 spiro atoms. The standard InChI is InChI=1S/C10H10FN5/c1-2-14-10-15-5-8(11)9(16-10)7-3-12-6-13-4-7/h3-6H,2H2,1H3,(H,14,15,16). The number of anilines is 1. The summed E-state index contributed by atoms with van der Waals surface area (Å²) in [6.45, 7) is 2.59. The van der Waals surface area contributed by atoms with Crippen molar-refractivity contribution in [2.75, 3.05) is 11.9 Å². The zero-order valence-electron chi connectivity index (χ0n) is 8.68. The number of rotatable bonds is 3. The monoisotopic (exact) mass is 219 g/mol. The van der Waals surface area contributed by atoms with Crippen LogP contribution in [-0.2, 0) is 0 Å². The van der Waals surface area contributed by atoms with Gasteiger partial charge in [0.05, 0.1) is 6.20 Å². The molecule has 1 N–H and O–H groups in total. The lowest BCUT2D eigenvalue weighted by molar-refractivity contribution is 0.618. The molecule has 0 amide bonds. The Kier molecular flexibility index (Phi) is 3.00. The number of nitrogens with zero attached hydrogens (tertiary/aromatic N) is 4. The molecule has 2 heterocycles. The van der Waals surface area contributed by atoms with Gasteiger partial charge in [0.15, 0.2) is 5.82 Å². The first-order valence-electron chi connectivity index (χ1n) is 4.83. The molecule has 2 rings (SSSR count). The highest BCUT2D eigenvalue weighted by Crippen LogP contribution is 2.18. The van der Waals surface area contributed by atoms with E-state index in [0.29, 0.717) is 18.1 Å². The van der Waals surface area contributed by atoms with Crippen LogP contribution in [0.15, 0.2) is 24.9 Å². The summed E-state index contributed by atoms with van der Waals surface area (Å²) in [6.07, 6.45) is 5.53. The van der Waals surface area contributed by atoms with E-state index < -0.39 is 5.82 Å². The number of hydrogen-bond acceptors (Lipinski definition) is 5. The molecule has 0 aliphatic rings. The van der Waals surface area contributed by atoms with E-state index >= 15 is 0 Å². The predicted octanol–water partition coefficient (Wildman–Crippen LogP) is 1.50. The zero-order chi connectivity index (χ0) is 11.4. The van der Waals surface area contributed by atoms with Gasteiger partial charge in [0.25, 0.3) is 0 Å². The largest absolute Gasteiger partial charge is 0.354 e. The van der Waals surface area contributed by atoms with Crippen LogP contribution in [0.4, 0.5) is 10.3 Å². The second-order valence-electron chi connectivity index (χ2n) is 3.05. The average molecular weight is 219 g/mol. The number of hydrogen-bond donors (Lipinski definition) is 1. The Labute approximate surface area is 91.8 Å². The lowest BCUT2D eigenvalue weighted by Gasteiger charge is -2.04. The van der Waals surface area contributed by atoms with E-state index in [1.165, 1.54) is 18.7 Å². The first kappa shape index (κ1) is 10.4. The molecule has 0 radical (unpaired) electrons. The van der Waals surface area contributed by atoms with E-state index in [2.05, 4.69) is 25.3 Å². The van der Waals surface area contributed by atoms with E-state index in [4.69, 9.17) is 0 Å². The van der Waals surface area contributed by atoms with E-state index in [1.807, 2.05) is 6.92 Å². The molecule has 0 saturated carbocycles. The van der Waals surface area contributed by atoms with Gasteiger partial charge in [0.1, 0.15) is 12.0 Å². The summed E-state index contributed by atoms with van der Waals surface area (Å²) < 4.78 is 13.5. The molecule has 6 heteroatoms. The summed E-state index contributed by atoms with van der Waals surface area (Å²) in [5.74, 6) is -0.0980. The van der Waals surface area contributed by atoms with Gasteiger partial charge < -0.3 is 5.32 Å². The Morgan fingerprint density at radius 1 is 1.25 bits per heavy atom. The molecule has 82 valence electrons. The lowest BCUT2D eigenvalue weighted by atomic mass is 10.2. The van der Waals surface area contributed by atoms with Crippen molar-refractivity contribution in [3.8, 4) is 11.3 Å². The highest BCUT2D eigenvalue weighted by atomic mass is 19.1. The first-order valence-corrected chi connectivity index (χ1v) is 4.83. The Morgan fingerprint density at radius 2 is 2.00 bits per heavy atom. The van der Waals surface area contributed by atoms with Crippen molar-refractivity contribution in [2.24, 2.45) is 0 Å². The highest BCUT2D eigenvalue weighted by molar-refractivity contribution is 5.58. The number of nitrogens with one attached hydrogen (secondary N) is 1. The van der Waals surface area contributed by atoms with Crippen LogP contribution in [0.5, 0.6) is 0 Å². The van der Waals surface area contributed by atoms with Crippen molar-refractivity contribution in [3.63, 3.8) is 0 Å². The topological polar surface area (TPSA) is 63.6 Å². The molecule has 5 nitrogen and oxygen atoms in total. The molecule has 0 unspecified atom stereocenters. The van der Waals surface area contributed by atoms with Crippen molar-refractivity contribution >= 4 is 5.95 Å². The van der Waals surface area contributed by atoms with Crippen molar-refractivity contribution in [1.82, 2.24) is 19.9 Å². The van der Waals surface area contributed by atoms with Gasteiger partial charge in [-0.15, -0.1) is 0 Å². The minimum Gasteiger partial charge on any atom is -0.354 e. The van der Waals surface area contributed by atoms with Crippen LogP contribution in [0.3, 0.4) is 0 Å². The van der Waals surface area contributed by atoms with Crippen LogP contribution in [-0.4, -0.2) is 26.5 Å². The molecule has 0 fully saturated rings. The molecular weight excluding hydrogens is 209 g/mol. The van der Waals surface area contributed by atoms with E-state index in [9.17, 15) is 4.39 Å². The first-order chi connectivity index (χ1) is 7.81. The summed E-state index contributed by atoms with van der Waals surface area (Å²) in [6, 6.07) is 0. The summed E-state index contributed by atoms with van der Waals surface area (Å²) in [4.78, 5) is 15.5. The van der Waals surface area contributed by atoms with Gasteiger partial charge in [-0.2, -0.15) is 0 Å². The zero-order valence-corrected chi connectivity index (χ0v) is 8.68. The number of halogens is 1. The second-order valence-corrected chi connectivity index (χ2v) is 3.05. The Hall–Kier alpha value is -2.11. The maximum Gasteiger partial charge on any atom is 0.223 e.